The first-order valence-electron chi connectivity index (χ1n) is 8.13. The summed E-state index contributed by atoms with van der Waals surface area (Å²) in [5.74, 6) is 0.725. The molecular weight excluding hydrogens is 260 g/mol. The molecule has 1 amide bonds. The summed E-state index contributed by atoms with van der Waals surface area (Å²) in [7, 11) is 0. The molecular formula is C18H30N2O. The van der Waals surface area contributed by atoms with Gasteiger partial charge in [-0.1, -0.05) is 44.0 Å². The van der Waals surface area contributed by atoms with Gasteiger partial charge in [-0.25, -0.2) is 0 Å². The van der Waals surface area contributed by atoms with Crippen molar-refractivity contribution in [3.05, 3.63) is 35.4 Å². The highest BCUT2D eigenvalue weighted by molar-refractivity contribution is 5.76. The molecule has 0 saturated heterocycles. The Morgan fingerprint density at radius 1 is 1.24 bits per heavy atom. The molecule has 0 heterocycles. The fourth-order valence-electron chi connectivity index (χ4n) is 2.88. The van der Waals surface area contributed by atoms with Crippen LogP contribution in [0.15, 0.2) is 24.3 Å². The van der Waals surface area contributed by atoms with Crippen LogP contribution in [-0.2, 0) is 4.79 Å². The number of hydrogen-bond donors (Lipinski definition) is 2. The highest BCUT2D eigenvalue weighted by Crippen LogP contribution is 2.19. The standard InChI is InChI=1S/C18H30N2O/c1-4-7-16(12-13-19)10-11-18(21)20-15(3)17-9-6-5-8-14(17)2/h5-6,8-9,15-16H,4,7,10-13,19H2,1-3H3,(H,20,21)/t15-,16?/m0/s1. The third-order valence-corrected chi connectivity index (χ3v) is 4.08. The molecule has 1 rings (SSSR count). The highest BCUT2D eigenvalue weighted by Gasteiger charge is 2.13. The van der Waals surface area contributed by atoms with E-state index in [0.29, 0.717) is 18.9 Å². The van der Waals surface area contributed by atoms with Crippen molar-refractivity contribution < 1.29 is 4.79 Å². The lowest BCUT2D eigenvalue weighted by atomic mass is 9.94. The molecule has 0 aliphatic heterocycles. The van der Waals surface area contributed by atoms with E-state index in [0.717, 1.165) is 25.7 Å². The zero-order valence-corrected chi connectivity index (χ0v) is 13.7. The van der Waals surface area contributed by atoms with Gasteiger partial charge in [0.2, 0.25) is 5.91 Å². The van der Waals surface area contributed by atoms with Crippen molar-refractivity contribution >= 4 is 5.91 Å². The number of carbonyl (C=O) groups is 1. The van der Waals surface area contributed by atoms with Gasteiger partial charge in [-0.3, -0.25) is 4.79 Å². The van der Waals surface area contributed by atoms with Gasteiger partial charge in [-0.15, -0.1) is 0 Å². The van der Waals surface area contributed by atoms with Gasteiger partial charge in [0.25, 0.3) is 0 Å². The van der Waals surface area contributed by atoms with Gasteiger partial charge in [-0.05, 0) is 50.3 Å². The summed E-state index contributed by atoms with van der Waals surface area (Å²) in [5.41, 5.74) is 8.05. The van der Waals surface area contributed by atoms with Crippen molar-refractivity contribution in [3.8, 4) is 0 Å². The van der Waals surface area contributed by atoms with Crippen LogP contribution in [0, 0.1) is 12.8 Å². The lowest BCUT2D eigenvalue weighted by Crippen LogP contribution is -2.27. The molecule has 1 unspecified atom stereocenters. The molecule has 0 fully saturated rings. The van der Waals surface area contributed by atoms with Gasteiger partial charge in [0.05, 0.1) is 6.04 Å². The minimum Gasteiger partial charge on any atom is -0.350 e. The first-order valence-corrected chi connectivity index (χ1v) is 8.13. The molecule has 0 aliphatic carbocycles. The molecule has 0 aromatic heterocycles. The average Bonchev–Trinajstić information content (AvgIpc) is 2.45. The largest absolute Gasteiger partial charge is 0.350 e. The lowest BCUT2D eigenvalue weighted by Gasteiger charge is -2.18. The van der Waals surface area contributed by atoms with E-state index < -0.39 is 0 Å². The maximum absolute atomic E-state index is 12.1. The number of aryl methyl sites for hydroxylation is 1. The monoisotopic (exact) mass is 290 g/mol. The number of carbonyl (C=O) groups excluding carboxylic acids is 1. The Morgan fingerprint density at radius 3 is 2.57 bits per heavy atom. The Labute approximate surface area is 129 Å². The van der Waals surface area contributed by atoms with Crippen LogP contribution in [0.25, 0.3) is 0 Å². The second-order valence-electron chi connectivity index (χ2n) is 5.92. The van der Waals surface area contributed by atoms with Gasteiger partial charge < -0.3 is 11.1 Å². The Morgan fingerprint density at radius 2 is 1.95 bits per heavy atom. The summed E-state index contributed by atoms with van der Waals surface area (Å²) in [4.78, 5) is 12.1. The van der Waals surface area contributed by atoms with Crippen LogP contribution >= 0.6 is 0 Å². The van der Waals surface area contributed by atoms with Crippen molar-refractivity contribution in [3.63, 3.8) is 0 Å². The molecule has 0 aliphatic rings. The van der Waals surface area contributed by atoms with Crippen molar-refractivity contribution in [1.82, 2.24) is 5.32 Å². The van der Waals surface area contributed by atoms with Gasteiger partial charge in [0.15, 0.2) is 0 Å². The normalized spacial score (nSPS) is 13.7. The van der Waals surface area contributed by atoms with Crippen molar-refractivity contribution in [2.45, 2.75) is 58.9 Å². The van der Waals surface area contributed by atoms with Crippen molar-refractivity contribution in [1.29, 1.82) is 0 Å². The molecule has 0 radical (unpaired) electrons. The molecule has 0 bridgehead atoms. The smallest absolute Gasteiger partial charge is 0.220 e. The molecule has 3 nitrogen and oxygen atoms in total. The van der Waals surface area contributed by atoms with Crippen LogP contribution in [-0.4, -0.2) is 12.5 Å². The fourth-order valence-corrected chi connectivity index (χ4v) is 2.88. The minimum absolute atomic E-state index is 0.0674. The summed E-state index contributed by atoms with van der Waals surface area (Å²) in [5, 5.41) is 3.11. The SMILES string of the molecule is CCCC(CCN)CCC(=O)N[C@@H](C)c1ccccc1C. The predicted molar refractivity (Wildman–Crippen MR) is 89.0 cm³/mol. The Kier molecular flexibility index (Phi) is 8.06. The number of amides is 1. The summed E-state index contributed by atoms with van der Waals surface area (Å²) >= 11 is 0. The Balaban J connectivity index is 2.44. The Hall–Kier alpha value is -1.35. The maximum atomic E-state index is 12.1. The van der Waals surface area contributed by atoms with E-state index in [-0.39, 0.29) is 11.9 Å². The summed E-state index contributed by atoms with van der Waals surface area (Å²) < 4.78 is 0. The summed E-state index contributed by atoms with van der Waals surface area (Å²) in [6, 6.07) is 8.27. The molecule has 2 atom stereocenters. The third kappa shape index (κ3) is 6.30. The van der Waals surface area contributed by atoms with Gasteiger partial charge >= 0.3 is 0 Å². The molecule has 21 heavy (non-hydrogen) atoms. The zero-order chi connectivity index (χ0) is 15.7. The van der Waals surface area contributed by atoms with E-state index >= 15 is 0 Å². The number of rotatable bonds is 9. The first-order chi connectivity index (χ1) is 10.1. The number of nitrogens with two attached hydrogens (primary N) is 1. The second kappa shape index (κ2) is 9.56. The van der Waals surface area contributed by atoms with E-state index in [4.69, 9.17) is 5.73 Å². The lowest BCUT2D eigenvalue weighted by molar-refractivity contribution is -0.122. The molecule has 0 saturated carbocycles. The number of nitrogens with one attached hydrogen (secondary N) is 1. The average molecular weight is 290 g/mol. The number of hydrogen-bond acceptors (Lipinski definition) is 2. The highest BCUT2D eigenvalue weighted by atomic mass is 16.1. The van der Waals surface area contributed by atoms with E-state index in [9.17, 15) is 4.79 Å². The molecule has 3 N–H and O–H groups in total. The first kappa shape index (κ1) is 17.7. The van der Waals surface area contributed by atoms with Crippen molar-refractivity contribution in [2.24, 2.45) is 11.7 Å². The summed E-state index contributed by atoms with van der Waals surface area (Å²) in [6.45, 7) is 7.02. The molecule has 1 aromatic carbocycles. The quantitative estimate of drug-likeness (QED) is 0.728. The van der Waals surface area contributed by atoms with E-state index in [2.05, 4.69) is 31.3 Å². The molecule has 118 valence electrons. The van der Waals surface area contributed by atoms with Crippen LogP contribution < -0.4 is 11.1 Å². The van der Waals surface area contributed by atoms with Crippen LogP contribution in [0.3, 0.4) is 0 Å². The Bertz CT molecular complexity index is 425. The maximum Gasteiger partial charge on any atom is 0.220 e. The van der Waals surface area contributed by atoms with Crippen molar-refractivity contribution in [2.75, 3.05) is 6.54 Å². The van der Waals surface area contributed by atoms with Crippen LogP contribution in [0.4, 0.5) is 0 Å². The van der Waals surface area contributed by atoms with Gasteiger partial charge in [0, 0.05) is 6.42 Å². The van der Waals surface area contributed by atoms with E-state index in [1.165, 1.54) is 11.1 Å². The molecule has 1 aromatic rings. The topological polar surface area (TPSA) is 55.1 Å². The van der Waals surface area contributed by atoms with Gasteiger partial charge in [0.1, 0.15) is 0 Å². The minimum atomic E-state index is 0.0674. The van der Waals surface area contributed by atoms with Crippen LogP contribution in [0.2, 0.25) is 0 Å². The third-order valence-electron chi connectivity index (χ3n) is 4.08. The number of benzene rings is 1. The predicted octanol–water partition coefficient (Wildman–Crippen LogP) is 3.72. The molecule has 3 heteroatoms. The second-order valence-corrected chi connectivity index (χ2v) is 5.92. The zero-order valence-electron chi connectivity index (χ0n) is 13.7. The fraction of sp³-hybridized carbons (Fsp3) is 0.611. The van der Waals surface area contributed by atoms with Crippen LogP contribution in [0.5, 0.6) is 0 Å². The molecule has 0 spiro atoms. The van der Waals surface area contributed by atoms with E-state index in [1.54, 1.807) is 0 Å². The van der Waals surface area contributed by atoms with E-state index in [1.807, 2.05) is 19.1 Å². The van der Waals surface area contributed by atoms with Gasteiger partial charge in [-0.2, -0.15) is 0 Å². The summed E-state index contributed by atoms with van der Waals surface area (Å²) in [6.07, 6.45) is 4.89. The van der Waals surface area contributed by atoms with Crippen LogP contribution in [0.1, 0.15) is 63.1 Å².